The minimum Gasteiger partial charge on any atom is -0.411 e. The van der Waals surface area contributed by atoms with Gasteiger partial charge < -0.3 is 9.73 Å². The quantitative estimate of drug-likeness (QED) is 0.504. The lowest BCUT2D eigenvalue weighted by molar-refractivity contribution is -0.115. The number of ketones is 1. The van der Waals surface area contributed by atoms with E-state index >= 15 is 0 Å². The maximum atomic E-state index is 12.4. The number of nitrogens with one attached hydrogen (secondary N) is 1. The van der Waals surface area contributed by atoms with E-state index < -0.39 is 5.25 Å². The molecule has 1 N–H and O–H groups in total. The van der Waals surface area contributed by atoms with Crippen molar-refractivity contribution in [3.63, 3.8) is 0 Å². The highest BCUT2D eigenvalue weighted by Gasteiger charge is 2.19. The summed E-state index contributed by atoms with van der Waals surface area (Å²) >= 11 is 1.18. The number of hydrogen-bond donors (Lipinski definition) is 1. The molecule has 1 atom stereocenters. The molecule has 1 amide bonds. The number of carbonyl (C=O) groups excluding carboxylic acids is 2. The summed E-state index contributed by atoms with van der Waals surface area (Å²) in [5, 5.41) is 10.7. The molecule has 0 aliphatic rings. The van der Waals surface area contributed by atoms with E-state index in [1.807, 2.05) is 31.2 Å². The number of Topliss-reactive ketones (excluding diaryl/α,β-unsaturated/α-hetero) is 1. The Morgan fingerprint density at radius 1 is 1.11 bits per heavy atom. The molecular weight excluding hydrogens is 362 g/mol. The van der Waals surface area contributed by atoms with Gasteiger partial charge in [0.05, 0.1) is 5.25 Å². The van der Waals surface area contributed by atoms with Gasteiger partial charge in [0, 0.05) is 16.8 Å². The van der Waals surface area contributed by atoms with Crippen molar-refractivity contribution in [2.45, 2.75) is 31.2 Å². The van der Waals surface area contributed by atoms with Gasteiger partial charge in [0.25, 0.3) is 5.22 Å². The molecule has 1 unspecified atom stereocenters. The van der Waals surface area contributed by atoms with Crippen molar-refractivity contribution in [1.29, 1.82) is 0 Å². The molecule has 6 nitrogen and oxygen atoms in total. The van der Waals surface area contributed by atoms with E-state index in [2.05, 4.69) is 15.5 Å². The first-order chi connectivity index (χ1) is 12.9. The summed E-state index contributed by atoms with van der Waals surface area (Å²) in [5.41, 5.74) is 3.10. The van der Waals surface area contributed by atoms with Crippen LogP contribution >= 0.6 is 11.8 Å². The topological polar surface area (TPSA) is 85.1 Å². The molecule has 0 spiro atoms. The molecular formula is C20H19N3O3S. The predicted molar refractivity (Wildman–Crippen MR) is 105 cm³/mol. The maximum Gasteiger partial charge on any atom is 0.277 e. The number of aryl methyl sites for hydroxylation is 1. The van der Waals surface area contributed by atoms with Crippen molar-refractivity contribution >= 4 is 29.1 Å². The summed E-state index contributed by atoms with van der Waals surface area (Å²) in [5.74, 6) is 0.151. The van der Waals surface area contributed by atoms with Gasteiger partial charge in [0.15, 0.2) is 5.78 Å². The van der Waals surface area contributed by atoms with Crippen molar-refractivity contribution < 1.29 is 14.0 Å². The molecule has 2 aromatic carbocycles. The average molecular weight is 381 g/mol. The number of carbonyl (C=O) groups is 2. The van der Waals surface area contributed by atoms with Crippen molar-refractivity contribution in [3.05, 3.63) is 59.7 Å². The molecule has 27 heavy (non-hydrogen) atoms. The second-order valence-corrected chi connectivity index (χ2v) is 7.42. The number of thioether (sulfide) groups is 1. The summed E-state index contributed by atoms with van der Waals surface area (Å²) in [6, 6.07) is 14.6. The number of aromatic nitrogens is 2. The van der Waals surface area contributed by atoms with E-state index in [4.69, 9.17) is 4.42 Å². The molecule has 0 bridgehead atoms. The lowest BCUT2D eigenvalue weighted by atomic mass is 10.1. The fourth-order valence-corrected chi connectivity index (χ4v) is 3.02. The summed E-state index contributed by atoms with van der Waals surface area (Å²) in [6.45, 7) is 5.25. The van der Waals surface area contributed by atoms with Crippen LogP contribution in [0.2, 0.25) is 0 Å². The Morgan fingerprint density at radius 3 is 2.56 bits per heavy atom. The van der Waals surface area contributed by atoms with E-state index in [0.717, 1.165) is 11.1 Å². The number of anilines is 1. The van der Waals surface area contributed by atoms with E-state index in [1.165, 1.54) is 18.7 Å². The largest absolute Gasteiger partial charge is 0.411 e. The van der Waals surface area contributed by atoms with Gasteiger partial charge in [0.1, 0.15) is 0 Å². The number of amides is 1. The van der Waals surface area contributed by atoms with Crippen molar-refractivity contribution in [2.75, 3.05) is 5.32 Å². The van der Waals surface area contributed by atoms with Gasteiger partial charge in [0.2, 0.25) is 11.8 Å². The summed E-state index contributed by atoms with van der Waals surface area (Å²) in [6.07, 6.45) is 0. The lowest BCUT2D eigenvalue weighted by Gasteiger charge is -2.10. The minimum atomic E-state index is -0.447. The molecule has 0 saturated heterocycles. The van der Waals surface area contributed by atoms with Crippen LogP contribution in [0.25, 0.3) is 11.5 Å². The summed E-state index contributed by atoms with van der Waals surface area (Å²) in [4.78, 5) is 23.9. The van der Waals surface area contributed by atoms with Gasteiger partial charge in [-0.3, -0.25) is 9.59 Å². The van der Waals surface area contributed by atoms with E-state index in [1.54, 1.807) is 31.2 Å². The first kappa shape index (κ1) is 18.8. The Bertz CT molecular complexity index is 967. The number of hydrogen-bond acceptors (Lipinski definition) is 6. The third kappa shape index (κ3) is 4.83. The molecule has 1 heterocycles. The van der Waals surface area contributed by atoms with Gasteiger partial charge >= 0.3 is 0 Å². The molecule has 7 heteroatoms. The van der Waals surface area contributed by atoms with Crippen LogP contribution in [-0.2, 0) is 4.79 Å². The molecule has 1 aromatic heterocycles. The average Bonchev–Trinajstić information content (AvgIpc) is 3.11. The van der Waals surface area contributed by atoms with Crippen LogP contribution in [-0.4, -0.2) is 27.1 Å². The Morgan fingerprint density at radius 2 is 1.85 bits per heavy atom. The molecule has 0 aliphatic carbocycles. The van der Waals surface area contributed by atoms with Gasteiger partial charge in [-0.1, -0.05) is 41.6 Å². The van der Waals surface area contributed by atoms with Gasteiger partial charge in [-0.25, -0.2) is 0 Å². The highest BCUT2D eigenvalue weighted by molar-refractivity contribution is 8.00. The van der Waals surface area contributed by atoms with Gasteiger partial charge in [-0.15, -0.1) is 10.2 Å². The molecule has 3 rings (SSSR count). The molecule has 0 aliphatic heterocycles. The fraction of sp³-hybridized carbons (Fsp3) is 0.200. The monoisotopic (exact) mass is 381 g/mol. The van der Waals surface area contributed by atoms with Crippen LogP contribution in [0.3, 0.4) is 0 Å². The Balaban J connectivity index is 1.64. The third-order valence-corrected chi connectivity index (χ3v) is 4.82. The van der Waals surface area contributed by atoms with Crippen LogP contribution in [0.15, 0.2) is 58.2 Å². The van der Waals surface area contributed by atoms with E-state index in [9.17, 15) is 9.59 Å². The zero-order chi connectivity index (χ0) is 19.4. The zero-order valence-corrected chi connectivity index (χ0v) is 16.0. The van der Waals surface area contributed by atoms with Crippen molar-refractivity contribution in [3.8, 4) is 11.5 Å². The zero-order valence-electron chi connectivity index (χ0n) is 15.2. The van der Waals surface area contributed by atoms with Gasteiger partial charge in [-0.05, 0) is 45.0 Å². The fourth-order valence-electron chi connectivity index (χ4n) is 2.33. The number of benzene rings is 2. The smallest absolute Gasteiger partial charge is 0.277 e. The van der Waals surface area contributed by atoms with Crippen molar-refractivity contribution in [2.24, 2.45) is 0 Å². The SMILES string of the molecule is CC(=O)c1cccc(NC(=O)C(C)Sc2nnc(-c3ccc(C)cc3)o2)c1. The highest BCUT2D eigenvalue weighted by atomic mass is 32.2. The molecule has 3 aromatic rings. The van der Waals surface area contributed by atoms with Crippen LogP contribution in [0.4, 0.5) is 5.69 Å². The summed E-state index contributed by atoms with van der Waals surface area (Å²) in [7, 11) is 0. The van der Waals surface area contributed by atoms with Crippen LogP contribution in [0.1, 0.15) is 29.8 Å². The van der Waals surface area contributed by atoms with E-state index in [-0.39, 0.29) is 11.7 Å². The molecule has 0 fully saturated rings. The number of nitrogens with zero attached hydrogens (tertiary/aromatic N) is 2. The Kier molecular flexibility index (Phi) is 5.71. The normalized spacial score (nSPS) is 11.8. The number of rotatable bonds is 6. The molecule has 0 saturated carbocycles. The molecule has 0 radical (unpaired) electrons. The Hall–Kier alpha value is -2.93. The van der Waals surface area contributed by atoms with Crippen LogP contribution in [0.5, 0.6) is 0 Å². The first-order valence-electron chi connectivity index (χ1n) is 8.41. The Labute approximate surface area is 161 Å². The van der Waals surface area contributed by atoms with E-state index in [0.29, 0.717) is 22.4 Å². The van der Waals surface area contributed by atoms with Crippen LogP contribution < -0.4 is 5.32 Å². The first-order valence-corrected chi connectivity index (χ1v) is 9.29. The summed E-state index contributed by atoms with van der Waals surface area (Å²) < 4.78 is 5.65. The van der Waals surface area contributed by atoms with Gasteiger partial charge in [-0.2, -0.15) is 0 Å². The highest BCUT2D eigenvalue weighted by Crippen LogP contribution is 2.27. The van der Waals surface area contributed by atoms with Crippen molar-refractivity contribution in [1.82, 2.24) is 10.2 Å². The third-order valence-electron chi connectivity index (χ3n) is 3.89. The lowest BCUT2D eigenvalue weighted by Crippen LogP contribution is -2.22. The standard InChI is InChI=1S/C20H19N3O3S/c1-12-7-9-15(10-8-12)19-22-23-20(26-19)27-14(3)18(25)21-17-6-4-5-16(11-17)13(2)24/h4-11,14H,1-3H3,(H,21,25). The molecule has 138 valence electrons. The maximum absolute atomic E-state index is 12.4. The second kappa shape index (κ2) is 8.18. The van der Waals surface area contributed by atoms with Crippen LogP contribution in [0, 0.1) is 6.92 Å². The second-order valence-electron chi connectivity index (χ2n) is 6.13. The predicted octanol–water partition coefficient (Wildman–Crippen LogP) is 4.37. The minimum absolute atomic E-state index is 0.0528.